The maximum atomic E-state index is 13.3. The summed E-state index contributed by atoms with van der Waals surface area (Å²) in [4.78, 5) is 30.6. The van der Waals surface area contributed by atoms with Crippen molar-refractivity contribution in [2.45, 2.75) is 78.3 Å². The van der Waals surface area contributed by atoms with Crippen LogP contribution in [0.2, 0.25) is 0 Å². The van der Waals surface area contributed by atoms with Crippen molar-refractivity contribution >= 4 is 31.2 Å². The van der Waals surface area contributed by atoms with E-state index in [1.54, 1.807) is 46.4 Å². The Hall–Kier alpha value is -3.24. The second-order valence-electron chi connectivity index (χ2n) is 12.3. The van der Waals surface area contributed by atoms with Crippen LogP contribution in [0.15, 0.2) is 53.7 Å². The second-order valence-corrected chi connectivity index (χ2v) is 13.8. The smallest absolute Gasteiger partial charge is 0.442 e. The van der Waals surface area contributed by atoms with E-state index in [4.69, 9.17) is 23.1 Å². The zero-order chi connectivity index (χ0) is 30.7. The summed E-state index contributed by atoms with van der Waals surface area (Å²) >= 11 is 0. The van der Waals surface area contributed by atoms with Crippen LogP contribution in [-0.4, -0.2) is 60.8 Å². The third kappa shape index (κ3) is 8.88. The number of carbonyl (C=O) groups is 2. The van der Waals surface area contributed by atoms with E-state index in [9.17, 15) is 14.2 Å². The Balaban J connectivity index is 1.33. The van der Waals surface area contributed by atoms with Gasteiger partial charge in [0.05, 0.1) is 36.6 Å². The number of cyclic esters (lactones) is 1. The van der Waals surface area contributed by atoms with Crippen molar-refractivity contribution in [2.24, 2.45) is 5.16 Å². The van der Waals surface area contributed by atoms with Gasteiger partial charge < -0.3 is 14.9 Å². The first kappa shape index (κ1) is 31.7. The van der Waals surface area contributed by atoms with Crippen molar-refractivity contribution in [2.75, 3.05) is 24.6 Å². The number of carbonyl (C=O) groups excluding carboxylic acids is 2. The van der Waals surface area contributed by atoms with E-state index >= 15 is 0 Å². The van der Waals surface area contributed by atoms with Crippen LogP contribution in [0.4, 0.5) is 10.5 Å². The maximum Gasteiger partial charge on any atom is 0.475 e. The first-order chi connectivity index (χ1) is 19.6. The normalized spacial score (nSPS) is 19.4. The number of benzene rings is 2. The van der Waals surface area contributed by atoms with Gasteiger partial charge in [-0.2, -0.15) is 0 Å². The first-order valence-corrected chi connectivity index (χ1v) is 15.4. The number of phosphoric acid groups is 1. The van der Waals surface area contributed by atoms with Crippen LogP contribution in [0.3, 0.4) is 0 Å². The summed E-state index contributed by atoms with van der Waals surface area (Å²) in [5.41, 5.74) is 2.92. The van der Waals surface area contributed by atoms with E-state index in [0.717, 1.165) is 28.1 Å². The van der Waals surface area contributed by atoms with E-state index in [1.807, 2.05) is 48.5 Å². The fraction of sp³-hybridized carbons (Fsp3) is 0.500. The molecule has 0 aliphatic carbocycles. The van der Waals surface area contributed by atoms with Gasteiger partial charge in [0.25, 0.3) is 0 Å². The number of oxime groups is 1. The van der Waals surface area contributed by atoms with Gasteiger partial charge >= 0.3 is 13.9 Å². The summed E-state index contributed by atoms with van der Waals surface area (Å²) in [6.45, 7) is 12.8. The molecule has 0 spiro atoms. The molecule has 12 heteroatoms. The number of hydrogen-bond acceptors (Lipinski definition) is 9. The van der Waals surface area contributed by atoms with Gasteiger partial charge in [-0.1, -0.05) is 41.6 Å². The summed E-state index contributed by atoms with van der Waals surface area (Å²) in [5, 5.41) is 6.90. The van der Waals surface area contributed by atoms with Crippen molar-refractivity contribution in [1.29, 1.82) is 0 Å². The molecule has 2 heterocycles. The highest BCUT2D eigenvalue weighted by atomic mass is 31.2. The molecule has 2 aromatic carbocycles. The van der Waals surface area contributed by atoms with Crippen LogP contribution >= 0.6 is 7.82 Å². The molecule has 0 aromatic heterocycles. The van der Waals surface area contributed by atoms with Crippen molar-refractivity contribution in [3.05, 3.63) is 54.1 Å². The molecule has 0 saturated carbocycles. The van der Waals surface area contributed by atoms with E-state index < -0.39 is 31.2 Å². The minimum atomic E-state index is -3.85. The Morgan fingerprint density at radius 3 is 2.05 bits per heavy atom. The zero-order valence-corrected chi connectivity index (χ0v) is 26.1. The molecule has 4 rings (SSSR count). The van der Waals surface area contributed by atoms with E-state index in [1.165, 1.54) is 6.92 Å². The Morgan fingerprint density at radius 2 is 1.50 bits per heavy atom. The van der Waals surface area contributed by atoms with Crippen LogP contribution in [0.5, 0.6) is 0 Å². The molecule has 2 amide bonds. The predicted octanol–water partition coefficient (Wildman–Crippen LogP) is 6.06. The molecule has 1 saturated heterocycles. The summed E-state index contributed by atoms with van der Waals surface area (Å²) in [6.07, 6.45) is -0.770. The molecule has 0 radical (unpaired) electrons. The lowest BCUT2D eigenvalue weighted by atomic mass is 10.00. The van der Waals surface area contributed by atoms with Gasteiger partial charge in [0.1, 0.15) is 6.10 Å². The molecule has 2 atom stereocenters. The van der Waals surface area contributed by atoms with Gasteiger partial charge in [0.2, 0.25) is 5.91 Å². The molecule has 2 aliphatic heterocycles. The Kier molecular flexibility index (Phi) is 9.47. The molecule has 2 aromatic rings. The molecule has 228 valence electrons. The average molecular weight is 602 g/mol. The lowest BCUT2D eigenvalue weighted by Gasteiger charge is -2.31. The molecular formula is C30H40N3O8P. The molecule has 1 N–H and O–H groups in total. The third-order valence-electron chi connectivity index (χ3n) is 6.11. The number of nitrogens with zero attached hydrogens (tertiary/aromatic N) is 2. The van der Waals surface area contributed by atoms with Crippen LogP contribution in [0.25, 0.3) is 11.1 Å². The van der Waals surface area contributed by atoms with Gasteiger partial charge in [-0.3, -0.25) is 23.3 Å². The van der Waals surface area contributed by atoms with Gasteiger partial charge in [0, 0.05) is 19.0 Å². The van der Waals surface area contributed by atoms with Gasteiger partial charge in [-0.05, 0) is 70.4 Å². The molecule has 1 fully saturated rings. The maximum absolute atomic E-state index is 13.3. The molecule has 42 heavy (non-hydrogen) atoms. The van der Waals surface area contributed by atoms with Crippen LogP contribution in [0.1, 0.15) is 60.5 Å². The summed E-state index contributed by atoms with van der Waals surface area (Å²) in [5.74, 6) is -0.166. The van der Waals surface area contributed by atoms with Crippen LogP contribution in [0, 0.1) is 0 Å². The fourth-order valence-corrected chi connectivity index (χ4v) is 6.22. The predicted molar refractivity (Wildman–Crippen MR) is 159 cm³/mol. The standard InChI is InChI=1S/C30H40N3O8P/c1-20(34)31-17-26-18-33(28(35)38-26)24-14-12-22(13-15-24)21-8-10-23(11-9-21)27-16-25(39-32-27)19-37-42(36,40-29(2,3)4)41-30(5,6)7/h8-15,25-26H,16-19H2,1-7H3,(H,31,34)/t25-,26?/m0/s1. The summed E-state index contributed by atoms with van der Waals surface area (Å²) in [7, 11) is -3.85. The van der Waals surface area contributed by atoms with Crippen LogP contribution in [-0.2, 0) is 32.5 Å². The van der Waals surface area contributed by atoms with Crippen LogP contribution < -0.4 is 10.2 Å². The molecule has 11 nitrogen and oxygen atoms in total. The monoisotopic (exact) mass is 601 g/mol. The van der Waals surface area contributed by atoms with Crippen molar-refractivity contribution < 1.29 is 37.3 Å². The number of hydrogen-bond donors (Lipinski definition) is 1. The van der Waals surface area contributed by atoms with E-state index in [-0.39, 0.29) is 25.2 Å². The van der Waals surface area contributed by atoms with Crippen molar-refractivity contribution in [3.8, 4) is 11.1 Å². The van der Waals surface area contributed by atoms with E-state index in [0.29, 0.717) is 13.0 Å². The molecule has 2 aliphatic rings. The topological polar surface area (TPSA) is 125 Å². The number of nitrogens with one attached hydrogen (secondary N) is 1. The quantitative estimate of drug-likeness (QED) is 0.326. The van der Waals surface area contributed by atoms with Gasteiger partial charge in [-0.15, -0.1) is 0 Å². The fourth-order valence-electron chi connectivity index (χ4n) is 4.39. The molecule has 0 bridgehead atoms. The number of ether oxygens (including phenoxy) is 1. The first-order valence-electron chi connectivity index (χ1n) is 13.9. The van der Waals surface area contributed by atoms with Gasteiger partial charge in [0.15, 0.2) is 6.10 Å². The minimum Gasteiger partial charge on any atom is -0.442 e. The SMILES string of the molecule is CC(=O)NCC1CN(c2ccc(-c3ccc(C4=NO[C@H](COP(=O)(OC(C)(C)C)OC(C)(C)C)C4)cc3)cc2)C(=O)O1. The summed E-state index contributed by atoms with van der Waals surface area (Å²) < 4.78 is 35.7. The molecule has 1 unspecified atom stereocenters. The highest BCUT2D eigenvalue weighted by molar-refractivity contribution is 7.48. The lowest BCUT2D eigenvalue weighted by Crippen LogP contribution is -2.33. The minimum absolute atomic E-state index is 0.000578. The second kappa shape index (κ2) is 12.6. The highest BCUT2D eigenvalue weighted by Gasteiger charge is 2.39. The zero-order valence-electron chi connectivity index (χ0n) is 25.2. The number of rotatable bonds is 10. The molecular weight excluding hydrogens is 561 g/mol. The Morgan fingerprint density at radius 1 is 0.952 bits per heavy atom. The van der Waals surface area contributed by atoms with Crippen molar-refractivity contribution in [1.82, 2.24) is 5.32 Å². The number of phosphoric ester groups is 1. The largest absolute Gasteiger partial charge is 0.475 e. The Bertz CT molecular complexity index is 1330. The number of amides is 2. The van der Waals surface area contributed by atoms with Gasteiger partial charge in [-0.25, -0.2) is 9.36 Å². The van der Waals surface area contributed by atoms with E-state index in [2.05, 4.69) is 10.5 Å². The highest BCUT2D eigenvalue weighted by Crippen LogP contribution is 2.55. The number of anilines is 1. The van der Waals surface area contributed by atoms with Crippen molar-refractivity contribution in [3.63, 3.8) is 0 Å². The summed E-state index contributed by atoms with van der Waals surface area (Å²) in [6, 6.07) is 15.6. The lowest BCUT2D eigenvalue weighted by molar-refractivity contribution is -0.119. The third-order valence-corrected chi connectivity index (χ3v) is 8.11. The average Bonchev–Trinajstić information content (AvgIpc) is 3.51. The Labute approximate surface area is 247 Å².